The molecule has 0 radical (unpaired) electrons. The molecule has 1 aromatic carbocycles. The van der Waals surface area contributed by atoms with Gasteiger partial charge >= 0.3 is 0 Å². The number of carbonyl (C=O) groups is 2. The van der Waals surface area contributed by atoms with E-state index in [4.69, 9.17) is 4.42 Å². The molecule has 1 aliphatic heterocycles. The zero-order chi connectivity index (χ0) is 19.3. The second-order valence-electron chi connectivity index (χ2n) is 6.69. The van der Waals surface area contributed by atoms with Crippen molar-refractivity contribution >= 4 is 17.5 Å². The molecule has 1 N–H and O–H groups in total. The highest BCUT2D eigenvalue weighted by atomic mass is 16.3. The van der Waals surface area contributed by atoms with Gasteiger partial charge in [0.25, 0.3) is 5.91 Å². The van der Waals surface area contributed by atoms with Gasteiger partial charge in [-0.25, -0.2) is 9.97 Å². The first-order valence-electron chi connectivity index (χ1n) is 9.22. The second kappa shape index (κ2) is 8.04. The number of hydrogen-bond donors (Lipinski definition) is 1. The molecule has 1 saturated heterocycles. The van der Waals surface area contributed by atoms with Crippen molar-refractivity contribution < 1.29 is 14.0 Å². The van der Waals surface area contributed by atoms with Crippen LogP contribution in [0.3, 0.4) is 0 Å². The molecule has 0 aliphatic carbocycles. The van der Waals surface area contributed by atoms with E-state index in [0.29, 0.717) is 43.2 Å². The number of hydrogen-bond acceptors (Lipinski definition) is 5. The number of nitrogens with zero attached hydrogens (tertiary/aromatic N) is 3. The lowest BCUT2D eigenvalue weighted by molar-refractivity contribution is -0.121. The molecular formula is C21H20N4O3. The van der Waals surface area contributed by atoms with E-state index in [9.17, 15) is 9.59 Å². The van der Waals surface area contributed by atoms with Crippen LogP contribution in [0.4, 0.5) is 5.69 Å². The van der Waals surface area contributed by atoms with Gasteiger partial charge in [0.1, 0.15) is 0 Å². The summed E-state index contributed by atoms with van der Waals surface area (Å²) >= 11 is 0. The third-order valence-corrected chi connectivity index (χ3v) is 4.84. The van der Waals surface area contributed by atoms with E-state index in [1.807, 2.05) is 30.3 Å². The lowest BCUT2D eigenvalue weighted by Crippen LogP contribution is -2.41. The lowest BCUT2D eigenvalue weighted by atomic mass is 9.95. The number of likely N-dealkylation sites (tertiary alicyclic amines) is 1. The predicted octanol–water partition coefficient (Wildman–Crippen LogP) is 3.23. The summed E-state index contributed by atoms with van der Waals surface area (Å²) in [6.45, 7) is 1.06. The Hall–Kier alpha value is -3.48. The topological polar surface area (TPSA) is 88.3 Å². The largest absolute Gasteiger partial charge is 0.459 e. The highest BCUT2D eigenvalue weighted by molar-refractivity contribution is 5.93. The van der Waals surface area contributed by atoms with Crippen molar-refractivity contribution in [3.05, 3.63) is 66.9 Å². The van der Waals surface area contributed by atoms with E-state index in [1.165, 1.54) is 6.26 Å². The first-order chi connectivity index (χ1) is 13.7. The minimum atomic E-state index is -0.144. The van der Waals surface area contributed by atoms with Gasteiger partial charge < -0.3 is 14.6 Å². The molecule has 4 rings (SSSR count). The molecule has 3 heterocycles. The molecular weight excluding hydrogens is 356 g/mol. The highest BCUT2D eigenvalue weighted by Crippen LogP contribution is 2.21. The maximum absolute atomic E-state index is 12.5. The fourth-order valence-corrected chi connectivity index (χ4v) is 3.27. The number of piperidine rings is 1. The van der Waals surface area contributed by atoms with Crippen LogP contribution < -0.4 is 5.32 Å². The molecule has 0 spiro atoms. The van der Waals surface area contributed by atoms with Crippen LogP contribution in [0.1, 0.15) is 23.4 Å². The summed E-state index contributed by atoms with van der Waals surface area (Å²) < 4.78 is 5.16. The SMILES string of the molecule is O=C(Nc1cnc(-c2ccccc2)nc1)C1CCN(C(=O)c2ccco2)CC1. The van der Waals surface area contributed by atoms with Gasteiger partial charge in [0.15, 0.2) is 11.6 Å². The number of benzene rings is 1. The van der Waals surface area contributed by atoms with Crippen LogP contribution >= 0.6 is 0 Å². The third-order valence-electron chi connectivity index (χ3n) is 4.84. The van der Waals surface area contributed by atoms with Crippen molar-refractivity contribution in [1.82, 2.24) is 14.9 Å². The first kappa shape index (κ1) is 17.9. The summed E-state index contributed by atoms with van der Waals surface area (Å²) in [5.74, 6) is 0.603. The van der Waals surface area contributed by atoms with E-state index in [2.05, 4.69) is 15.3 Å². The number of rotatable bonds is 4. The van der Waals surface area contributed by atoms with E-state index in [-0.39, 0.29) is 17.7 Å². The van der Waals surface area contributed by atoms with E-state index < -0.39 is 0 Å². The van der Waals surface area contributed by atoms with Gasteiger partial charge in [-0.15, -0.1) is 0 Å². The lowest BCUT2D eigenvalue weighted by Gasteiger charge is -2.30. The zero-order valence-corrected chi connectivity index (χ0v) is 15.2. The first-order valence-corrected chi connectivity index (χ1v) is 9.22. The number of anilines is 1. The zero-order valence-electron chi connectivity index (χ0n) is 15.2. The minimum absolute atomic E-state index is 0.0684. The van der Waals surface area contributed by atoms with Gasteiger partial charge in [0.2, 0.25) is 5.91 Å². The molecule has 7 heteroatoms. The Balaban J connectivity index is 1.32. The Bertz CT molecular complexity index is 932. The van der Waals surface area contributed by atoms with Gasteiger partial charge in [-0.1, -0.05) is 30.3 Å². The van der Waals surface area contributed by atoms with Crippen LogP contribution in [0.15, 0.2) is 65.5 Å². The van der Waals surface area contributed by atoms with Crippen LogP contribution in [-0.4, -0.2) is 39.8 Å². The normalized spacial score (nSPS) is 14.6. The maximum atomic E-state index is 12.5. The predicted molar refractivity (Wildman–Crippen MR) is 103 cm³/mol. The van der Waals surface area contributed by atoms with Crippen molar-refractivity contribution in [3.63, 3.8) is 0 Å². The summed E-state index contributed by atoms with van der Waals surface area (Å²) in [5, 5.41) is 2.88. The van der Waals surface area contributed by atoms with Crippen LogP contribution in [0.5, 0.6) is 0 Å². The Labute approximate surface area is 162 Å². The quantitative estimate of drug-likeness (QED) is 0.755. The number of furan rings is 1. The van der Waals surface area contributed by atoms with Crippen LogP contribution in [0.2, 0.25) is 0 Å². The van der Waals surface area contributed by atoms with Gasteiger partial charge in [-0.3, -0.25) is 9.59 Å². The second-order valence-corrected chi connectivity index (χ2v) is 6.69. The summed E-state index contributed by atoms with van der Waals surface area (Å²) in [6.07, 6.45) is 5.94. The molecule has 1 fully saturated rings. The number of amides is 2. The Morgan fingerprint density at radius 2 is 1.71 bits per heavy atom. The molecule has 28 heavy (non-hydrogen) atoms. The fourth-order valence-electron chi connectivity index (χ4n) is 3.27. The van der Waals surface area contributed by atoms with E-state index in [1.54, 1.807) is 29.4 Å². The van der Waals surface area contributed by atoms with Gasteiger partial charge in [-0.2, -0.15) is 0 Å². The monoisotopic (exact) mass is 376 g/mol. The molecule has 2 aromatic heterocycles. The van der Waals surface area contributed by atoms with Crippen LogP contribution in [-0.2, 0) is 4.79 Å². The Kier molecular flexibility index (Phi) is 5.14. The average Bonchev–Trinajstić information content (AvgIpc) is 3.29. The molecule has 0 atom stereocenters. The number of carbonyl (C=O) groups excluding carboxylic acids is 2. The standard InChI is InChI=1S/C21H20N4O3/c26-20(16-8-10-25(11-9-16)21(27)18-7-4-12-28-18)24-17-13-22-19(23-14-17)15-5-2-1-3-6-15/h1-7,12-14,16H,8-11H2,(H,24,26). The molecule has 3 aromatic rings. The van der Waals surface area contributed by atoms with Crippen LogP contribution in [0.25, 0.3) is 11.4 Å². The molecule has 0 bridgehead atoms. The maximum Gasteiger partial charge on any atom is 0.289 e. The molecule has 1 aliphatic rings. The molecule has 7 nitrogen and oxygen atoms in total. The molecule has 0 unspecified atom stereocenters. The van der Waals surface area contributed by atoms with Crippen molar-refractivity contribution in [2.75, 3.05) is 18.4 Å². The third kappa shape index (κ3) is 3.93. The van der Waals surface area contributed by atoms with Crippen LogP contribution in [0, 0.1) is 5.92 Å². The van der Waals surface area contributed by atoms with E-state index in [0.717, 1.165) is 5.56 Å². The minimum Gasteiger partial charge on any atom is -0.459 e. The summed E-state index contributed by atoms with van der Waals surface area (Å²) in [5.41, 5.74) is 1.49. The summed E-state index contributed by atoms with van der Waals surface area (Å²) in [7, 11) is 0. The van der Waals surface area contributed by atoms with Crippen molar-refractivity contribution in [2.24, 2.45) is 5.92 Å². The van der Waals surface area contributed by atoms with Crippen molar-refractivity contribution in [1.29, 1.82) is 0 Å². The van der Waals surface area contributed by atoms with Crippen molar-refractivity contribution in [2.45, 2.75) is 12.8 Å². The fraction of sp³-hybridized carbons (Fsp3) is 0.238. The van der Waals surface area contributed by atoms with Gasteiger partial charge in [0, 0.05) is 24.6 Å². The number of nitrogens with one attached hydrogen (secondary N) is 1. The summed E-state index contributed by atoms with van der Waals surface area (Å²) in [6, 6.07) is 13.0. The van der Waals surface area contributed by atoms with Crippen molar-refractivity contribution in [3.8, 4) is 11.4 Å². The average molecular weight is 376 g/mol. The Morgan fingerprint density at radius 3 is 2.36 bits per heavy atom. The highest BCUT2D eigenvalue weighted by Gasteiger charge is 2.28. The number of aromatic nitrogens is 2. The van der Waals surface area contributed by atoms with Gasteiger partial charge in [0.05, 0.1) is 24.3 Å². The molecule has 142 valence electrons. The Morgan fingerprint density at radius 1 is 1.00 bits per heavy atom. The van der Waals surface area contributed by atoms with Gasteiger partial charge in [-0.05, 0) is 25.0 Å². The molecule has 0 saturated carbocycles. The van der Waals surface area contributed by atoms with E-state index >= 15 is 0 Å². The summed E-state index contributed by atoms with van der Waals surface area (Å²) in [4.78, 5) is 35.2. The molecule has 2 amide bonds. The smallest absolute Gasteiger partial charge is 0.289 e.